The molecule has 1 aromatic heterocycles. The molecule has 9 heteroatoms. The monoisotopic (exact) mass is 449 g/mol. The van der Waals surface area contributed by atoms with Crippen LogP contribution in [-0.4, -0.2) is 37.1 Å². The van der Waals surface area contributed by atoms with Gasteiger partial charge in [0.05, 0.1) is 31.8 Å². The maximum atomic E-state index is 12.6. The number of allylic oxidation sites excluding steroid dienone is 1. The molecular weight excluding hydrogens is 430 g/mol. The van der Waals surface area contributed by atoms with Crippen molar-refractivity contribution in [1.29, 1.82) is 0 Å². The summed E-state index contributed by atoms with van der Waals surface area (Å²) in [6, 6.07) is 12.7. The summed E-state index contributed by atoms with van der Waals surface area (Å²) in [7, 11) is 2.78. The number of hydrogen-bond donors (Lipinski definition) is 0. The summed E-state index contributed by atoms with van der Waals surface area (Å²) in [6.07, 6.45) is 1.94. The molecule has 0 N–H and O–H groups in total. The summed E-state index contributed by atoms with van der Waals surface area (Å²) < 4.78 is 25.7. The molecule has 1 aliphatic rings. The van der Waals surface area contributed by atoms with Crippen molar-refractivity contribution in [3.63, 3.8) is 0 Å². The van der Waals surface area contributed by atoms with Crippen molar-refractivity contribution in [3.05, 3.63) is 76.7 Å². The van der Waals surface area contributed by atoms with E-state index in [0.717, 1.165) is 0 Å². The van der Waals surface area contributed by atoms with Crippen LogP contribution in [0.25, 0.3) is 6.08 Å². The zero-order valence-electron chi connectivity index (χ0n) is 17.8. The van der Waals surface area contributed by atoms with Crippen molar-refractivity contribution in [2.24, 2.45) is 0 Å². The third-order valence-electron chi connectivity index (χ3n) is 4.82. The number of benzene rings is 2. The van der Waals surface area contributed by atoms with Gasteiger partial charge in [-0.3, -0.25) is 9.59 Å². The Bertz CT molecular complexity index is 1240. The number of Topliss-reactive ketones (excluding diaryl/α,β-unsaturated/α-hetero) is 1. The molecule has 0 unspecified atom stereocenters. The first kappa shape index (κ1) is 21.8. The Morgan fingerprint density at radius 2 is 1.85 bits per heavy atom. The fraction of sp³-hybridized carbons (Fsp3) is 0.167. The molecule has 168 valence electrons. The predicted molar refractivity (Wildman–Crippen MR) is 114 cm³/mol. The third-order valence-corrected chi connectivity index (χ3v) is 4.82. The van der Waals surface area contributed by atoms with Gasteiger partial charge in [-0.2, -0.15) is 0 Å². The Kier molecular flexibility index (Phi) is 6.21. The molecular formula is C24H19NO8. The van der Waals surface area contributed by atoms with Crippen LogP contribution < -0.4 is 14.2 Å². The van der Waals surface area contributed by atoms with Crippen LogP contribution in [0.3, 0.4) is 0 Å². The minimum Gasteiger partial charge on any atom is -0.479 e. The SMILES string of the molecule is COC(=O)c1ccc(/C=C2\Oc3cc(OC(=O)CCc4cc(OC)no4)ccc3C2=O)cc1. The van der Waals surface area contributed by atoms with Crippen molar-refractivity contribution in [2.45, 2.75) is 12.8 Å². The highest BCUT2D eigenvalue weighted by atomic mass is 16.5. The molecule has 3 aromatic rings. The Labute approximate surface area is 188 Å². The highest BCUT2D eigenvalue weighted by molar-refractivity contribution is 6.14. The summed E-state index contributed by atoms with van der Waals surface area (Å²) in [5, 5.41) is 3.67. The third kappa shape index (κ3) is 4.93. The van der Waals surface area contributed by atoms with Gasteiger partial charge in [0, 0.05) is 18.6 Å². The zero-order valence-corrected chi connectivity index (χ0v) is 17.8. The first-order chi connectivity index (χ1) is 16.0. The molecule has 33 heavy (non-hydrogen) atoms. The lowest BCUT2D eigenvalue weighted by atomic mass is 10.1. The van der Waals surface area contributed by atoms with Gasteiger partial charge < -0.3 is 23.5 Å². The number of ketones is 1. The van der Waals surface area contributed by atoms with E-state index in [2.05, 4.69) is 9.89 Å². The van der Waals surface area contributed by atoms with Crippen LogP contribution in [0, 0.1) is 0 Å². The van der Waals surface area contributed by atoms with Gasteiger partial charge in [-0.05, 0) is 41.1 Å². The molecule has 0 radical (unpaired) electrons. The summed E-state index contributed by atoms with van der Waals surface area (Å²) in [5.41, 5.74) is 1.44. The predicted octanol–water partition coefficient (Wildman–Crippen LogP) is 3.62. The van der Waals surface area contributed by atoms with Gasteiger partial charge in [-0.25, -0.2) is 4.79 Å². The summed E-state index contributed by atoms with van der Waals surface area (Å²) in [4.78, 5) is 36.3. The molecule has 2 heterocycles. The number of carbonyl (C=O) groups is 3. The normalized spacial score (nSPS) is 13.4. The van der Waals surface area contributed by atoms with Crippen LogP contribution in [0.15, 0.2) is 58.8 Å². The number of rotatable bonds is 7. The quantitative estimate of drug-likeness (QED) is 0.303. The Morgan fingerprint density at radius 3 is 2.55 bits per heavy atom. The van der Waals surface area contributed by atoms with Gasteiger partial charge >= 0.3 is 11.9 Å². The molecule has 0 fully saturated rings. The van der Waals surface area contributed by atoms with E-state index in [4.69, 9.17) is 18.7 Å². The number of aryl methyl sites for hydroxylation is 1. The van der Waals surface area contributed by atoms with Crippen LogP contribution in [0.5, 0.6) is 17.4 Å². The second kappa shape index (κ2) is 9.39. The first-order valence-electron chi connectivity index (χ1n) is 9.94. The molecule has 0 saturated heterocycles. The molecule has 0 saturated carbocycles. The van der Waals surface area contributed by atoms with Crippen molar-refractivity contribution < 1.29 is 37.9 Å². The van der Waals surface area contributed by atoms with E-state index in [9.17, 15) is 14.4 Å². The van der Waals surface area contributed by atoms with Crippen molar-refractivity contribution in [3.8, 4) is 17.4 Å². The number of nitrogens with zero attached hydrogens (tertiary/aromatic N) is 1. The van der Waals surface area contributed by atoms with Crippen LogP contribution in [0.1, 0.15) is 38.5 Å². The van der Waals surface area contributed by atoms with E-state index in [-0.39, 0.29) is 23.7 Å². The van der Waals surface area contributed by atoms with Gasteiger partial charge in [0.2, 0.25) is 5.78 Å². The van der Waals surface area contributed by atoms with E-state index in [1.54, 1.807) is 42.5 Å². The Balaban J connectivity index is 1.40. The fourth-order valence-corrected chi connectivity index (χ4v) is 3.13. The van der Waals surface area contributed by atoms with Gasteiger partial charge in [0.25, 0.3) is 5.88 Å². The lowest BCUT2D eigenvalue weighted by molar-refractivity contribution is -0.134. The highest BCUT2D eigenvalue weighted by Gasteiger charge is 2.28. The van der Waals surface area contributed by atoms with Crippen molar-refractivity contribution in [2.75, 3.05) is 14.2 Å². The van der Waals surface area contributed by atoms with Crippen molar-refractivity contribution >= 4 is 23.8 Å². The molecule has 0 aliphatic carbocycles. The summed E-state index contributed by atoms with van der Waals surface area (Å²) in [6.45, 7) is 0. The molecule has 0 amide bonds. The van der Waals surface area contributed by atoms with Gasteiger partial charge in [-0.15, -0.1) is 0 Å². The second-order valence-electron chi connectivity index (χ2n) is 7.02. The van der Waals surface area contributed by atoms with E-state index in [1.807, 2.05) is 0 Å². The van der Waals surface area contributed by atoms with Gasteiger partial charge in [0.1, 0.15) is 17.3 Å². The number of ether oxygens (including phenoxy) is 4. The molecule has 0 bridgehead atoms. The zero-order chi connectivity index (χ0) is 23.4. The summed E-state index contributed by atoms with van der Waals surface area (Å²) in [5.74, 6) is 0.294. The maximum Gasteiger partial charge on any atom is 0.337 e. The topological polar surface area (TPSA) is 114 Å². The molecule has 4 rings (SSSR count). The molecule has 2 aromatic carbocycles. The lowest BCUT2D eigenvalue weighted by Crippen LogP contribution is -2.08. The standard InChI is InChI=1S/C24H19NO8/c1-29-21-13-17(33-25-21)8-10-22(26)31-16-7-9-18-19(12-16)32-20(23(18)27)11-14-3-5-15(6-4-14)24(28)30-2/h3-7,9,11-13H,8,10H2,1-2H3/b20-11-. The second-order valence-corrected chi connectivity index (χ2v) is 7.02. The van der Waals surface area contributed by atoms with Gasteiger partial charge in [-0.1, -0.05) is 12.1 Å². The smallest absolute Gasteiger partial charge is 0.337 e. The van der Waals surface area contributed by atoms with Gasteiger partial charge in [0.15, 0.2) is 5.76 Å². The van der Waals surface area contributed by atoms with Crippen molar-refractivity contribution in [1.82, 2.24) is 5.16 Å². The first-order valence-corrected chi connectivity index (χ1v) is 9.94. The number of methoxy groups -OCH3 is 2. The Morgan fingerprint density at radius 1 is 1.06 bits per heavy atom. The number of hydrogen-bond acceptors (Lipinski definition) is 9. The van der Waals surface area contributed by atoms with Crippen LogP contribution in [-0.2, 0) is 16.0 Å². The van der Waals surface area contributed by atoms with Crippen LogP contribution in [0.2, 0.25) is 0 Å². The highest BCUT2D eigenvalue weighted by Crippen LogP contribution is 2.35. The minimum atomic E-state index is -0.476. The molecule has 0 spiro atoms. The van der Waals surface area contributed by atoms with E-state index in [0.29, 0.717) is 40.5 Å². The van der Waals surface area contributed by atoms with Crippen LogP contribution >= 0.6 is 0 Å². The van der Waals surface area contributed by atoms with Crippen LogP contribution in [0.4, 0.5) is 0 Å². The van der Waals surface area contributed by atoms with E-state index >= 15 is 0 Å². The molecule has 0 atom stereocenters. The number of carbonyl (C=O) groups excluding carboxylic acids is 3. The van der Waals surface area contributed by atoms with E-state index < -0.39 is 11.9 Å². The number of esters is 2. The molecule has 1 aliphatic heterocycles. The van der Waals surface area contributed by atoms with E-state index in [1.165, 1.54) is 26.4 Å². The largest absolute Gasteiger partial charge is 0.479 e. The maximum absolute atomic E-state index is 12.6. The minimum absolute atomic E-state index is 0.0714. The molecule has 9 nitrogen and oxygen atoms in total. The lowest BCUT2D eigenvalue weighted by Gasteiger charge is -2.05. The average molecular weight is 449 g/mol. The fourth-order valence-electron chi connectivity index (χ4n) is 3.13. The Hall–Kier alpha value is -4.40. The average Bonchev–Trinajstić information content (AvgIpc) is 3.42. The number of aromatic nitrogens is 1. The number of fused-ring (bicyclic) bond motifs is 1. The summed E-state index contributed by atoms with van der Waals surface area (Å²) >= 11 is 0.